The number of fused-ring (bicyclic) bond motifs is 2. The van der Waals surface area contributed by atoms with Crippen LogP contribution in [0.3, 0.4) is 0 Å². The van der Waals surface area contributed by atoms with Crippen LogP contribution in [0.15, 0.2) is 96.3 Å². The fourth-order valence-corrected chi connectivity index (χ4v) is 7.93. The van der Waals surface area contributed by atoms with Gasteiger partial charge in [0.25, 0.3) is 11.8 Å². The first-order valence-electron chi connectivity index (χ1n) is 14.9. The lowest BCUT2D eigenvalue weighted by molar-refractivity contribution is -0.136. The Morgan fingerprint density at radius 1 is 0.979 bits per heavy atom. The molecule has 5 aromatic rings. The van der Waals surface area contributed by atoms with Gasteiger partial charge in [-0.05, 0) is 53.4 Å². The average molecular weight is 662 g/mol. The third kappa shape index (κ3) is 6.17. The van der Waals surface area contributed by atoms with Crippen molar-refractivity contribution in [1.29, 1.82) is 0 Å². The molecule has 2 N–H and O–H groups in total. The molecular formula is C35H27N5O5S2. The van der Waals surface area contributed by atoms with Crippen LogP contribution < -0.4 is 10.6 Å². The third-order valence-corrected chi connectivity index (χ3v) is 10.4. The van der Waals surface area contributed by atoms with Crippen molar-refractivity contribution >= 4 is 62.9 Å². The van der Waals surface area contributed by atoms with Crippen molar-refractivity contribution in [3.05, 3.63) is 124 Å². The molecule has 234 valence electrons. The van der Waals surface area contributed by atoms with Crippen LogP contribution in [0.5, 0.6) is 0 Å². The lowest BCUT2D eigenvalue weighted by Crippen LogP contribution is -2.54. The maximum Gasteiger partial charge on any atom is 0.263 e. The molecular weight excluding hydrogens is 635 g/mol. The normalized spacial score (nSPS) is 16.7. The van der Waals surface area contributed by atoms with Crippen molar-refractivity contribution in [3.63, 3.8) is 0 Å². The molecule has 1 fully saturated rings. The van der Waals surface area contributed by atoms with Gasteiger partial charge in [-0.25, -0.2) is 4.98 Å². The highest BCUT2D eigenvalue weighted by molar-refractivity contribution is 7.98. The van der Waals surface area contributed by atoms with Gasteiger partial charge < -0.3 is 5.32 Å². The van der Waals surface area contributed by atoms with E-state index in [0.717, 1.165) is 36.7 Å². The number of piperidine rings is 1. The topological polar surface area (TPSA) is 138 Å². The van der Waals surface area contributed by atoms with Crippen molar-refractivity contribution in [1.82, 2.24) is 25.5 Å². The third-order valence-electron chi connectivity index (χ3n) is 8.13. The number of hydrogen-bond acceptors (Lipinski definition) is 9. The molecule has 7 rings (SSSR count). The first-order valence-corrected chi connectivity index (χ1v) is 16.7. The van der Waals surface area contributed by atoms with E-state index in [2.05, 4.69) is 26.7 Å². The summed E-state index contributed by atoms with van der Waals surface area (Å²) in [5.74, 6) is -1.71. The lowest BCUT2D eigenvalue weighted by atomic mass is 10.0. The average Bonchev–Trinajstić information content (AvgIpc) is 3.62. The zero-order chi connectivity index (χ0) is 32.5. The molecule has 12 heteroatoms. The Morgan fingerprint density at radius 3 is 2.55 bits per heavy atom. The van der Waals surface area contributed by atoms with Gasteiger partial charge in [0.1, 0.15) is 10.9 Å². The molecule has 3 aromatic heterocycles. The number of carbonyl (C=O) groups excluding carboxylic acids is 5. The summed E-state index contributed by atoms with van der Waals surface area (Å²) in [6, 6.07) is 21.2. The zero-order valence-corrected chi connectivity index (χ0v) is 26.5. The maximum atomic E-state index is 13.4. The highest BCUT2D eigenvalue weighted by atomic mass is 32.2. The second-order valence-electron chi connectivity index (χ2n) is 11.2. The van der Waals surface area contributed by atoms with Crippen LogP contribution in [0.4, 0.5) is 0 Å². The van der Waals surface area contributed by atoms with Crippen molar-refractivity contribution in [2.24, 2.45) is 0 Å². The number of pyridine rings is 2. The number of imide groups is 2. The van der Waals surface area contributed by atoms with E-state index in [1.54, 1.807) is 48.1 Å². The first-order chi connectivity index (χ1) is 22.9. The van der Waals surface area contributed by atoms with E-state index in [1.165, 1.54) is 11.8 Å². The minimum Gasteiger partial charge on any atom is -0.344 e. The van der Waals surface area contributed by atoms with Crippen molar-refractivity contribution in [2.45, 2.75) is 42.0 Å². The van der Waals surface area contributed by atoms with Gasteiger partial charge >= 0.3 is 0 Å². The predicted molar refractivity (Wildman–Crippen MR) is 177 cm³/mol. The van der Waals surface area contributed by atoms with Crippen LogP contribution in [0.1, 0.15) is 61.2 Å². The molecule has 5 amide bonds. The molecule has 0 saturated carbocycles. The van der Waals surface area contributed by atoms with Crippen LogP contribution in [0, 0.1) is 0 Å². The van der Waals surface area contributed by atoms with Crippen molar-refractivity contribution in [2.75, 3.05) is 0 Å². The maximum absolute atomic E-state index is 13.4. The molecule has 2 aliphatic rings. The van der Waals surface area contributed by atoms with E-state index in [1.807, 2.05) is 48.5 Å². The fourth-order valence-electron chi connectivity index (χ4n) is 5.82. The van der Waals surface area contributed by atoms with E-state index in [9.17, 15) is 24.0 Å². The molecule has 10 nitrogen and oxygen atoms in total. The van der Waals surface area contributed by atoms with Crippen LogP contribution in [-0.4, -0.2) is 50.4 Å². The van der Waals surface area contributed by atoms with Crippen LogP contribution in [0.2, 0.25) is 0 Å². The molecule has 2 unspecified atom stereocenters. The molecule has 1 saturated heterocycles. The summed E-state index contributed by atoms with van der Waals surface area (Å²) in [4.78, 5) is 76.0. The summed E-state index contributed by atoms with van der Waals surface area (Å²) in [5.41, 5.74) is 3.23. The van der Waals surface area contributed by atoms with Gasteiger partial charge in [-0.15, -0.1) is 23.1 Å². The van der Waals surface area contributed by atoms with Gasteiger partial charge in [-0.2, -0.15) is 0 Å². The molecule has 2 aliphatic heterocycles. The predicted octanol–water partition coefficient (Wildman–Crippen LogP) is 4.83. The van der Waals surface area contributed by atoms with Gasteiger partial charge in [0.05, 0.1) is 23.6 Å². The largest absolute Gasteiger partial charge is 0.344 e. The lowest BCUT2D eigenvalue weighted by Gasteiger charge is -2.27. The second-order valence-corrected chi connectivity index (χ2v) is 13.3. The number of nitrogens with one attached hydrogen (secondary N) is 2. The van der Waals surface area contributed by atoms with Gasteiger partial charge in [0.15, 0.2) is 0 Å². The molecule has 0 spiro atoms. The fraction of sp³-hybridized carbons (Fsp3) is 0.171. The molecule has 47 heavy (non-hydrogen) atoms. The highest BCUT2D eigenvalue weighted by Crippen LogP contribution is 2.36. The summed E-state index contributed by atoms with van der Waals surface area (Å²) in [7, 11) is 0. The first kappa shape index (κ1) is 30.5. The molecule has 5 heterocycles. The van der Waals surface area contributed by atoms with E-state index in [-0.39, 0.29) is 42.3 Å². The number of thiophene rings is 1. The molecule has 2 atom stereocenters. The monoisotopic (exact) mass is 661 g/mol. The Labute approximate surface area is 277 Å². The molecule has 2 aromatic carbocycles. The van der Waals surface area contributed by atoms with Gasteiger partial charge in [0, 0.05) is 45.9 Å². The Bertz CT molecular complexity index is 2010. The minimum absolute atomic E-state index is 0.0673. The summed E-state index contributed by atoms with van der Waals surface area (Å²) in [6.07, 6.45) is 5.58. The van der Waals surface area contributed by atoms with Crippen LogP contribution >= 0.6 is 23.1 Å². The number of nitrogens with zero attached hydrogens (tertiary/aromatic N) is 3. The summed E-state index contributed by atoms with van der Waals surface area (Å²) >= 11 is 2.96. The van der Waals surface area contributed by atoms with E-state index >= 15 is 0 Å². The Morgan fingerprint density at radius 2 is 1.79 bits per heavy atom. The Hall–Kier alpha value is -5.20. The quantitative estimate of drug-likeness (QED) is 0.169. The number of thioether (sulfide) groups is 1. The molecule has 0 bridgehead atoms. The number of hydrogen-bond donors (Lipinski definition) is 2. The number of rotatable bonds is 9. The summed E-state index contributed by atoms with van der Waals surface area (Å²) in [5, 5.41) is 6.42. The van der Waals surface area contributed by atoms with E-state index in [0.29, 0.717) is 10.6 Å². The Kier molecular flexibility index (Phi) is 8.35. The Balaban J connectivity index is 1.01. The van der Waals surface area contributed by atoms with E-state index < -0.39 is 29.7 Å². The second kappa shape index (κ2) is 12.9. The number of carbonyl (C=O) groups is 5. The zero-order valence-electron chi connectivity index (χ0n) is 24.8. The van der Waals surface area contributed by atoms with Gasteiger partial charge in [-0.3, -0.25) is 39.2 Å². The highest BCUT2D eigenvalue weighted by Gasteiger charge is 2.45. The standard InChI is InChI=1S/C35H27N5O5S2/c41-28-13-12-25(32(43)39-28)40-34(44)24-6-1-7-26(30(24)35(40)45)46-19-21-10-8-20(9-11-21)16-29(42)38-31(23-5-2-14-36-18-23)27-17-22-4-3-15-37-33(22)47-27/h1-11,14-15,17-18,25,31H,12-13,16,19H2,(H,38,42)(H,39,41,43). The van der Waals surface area contributed by atoms with E-state index in [4.69, 9.17) is 0 Å². The SMILES string of the molecule is O=C1CCC(N2C(=O)c3cccc(SCc4ccc(CC(=O)NC(c5cccnc5)c5cc6cccnc6s5)cc4)c3C2=O)C(=O)N1. The number of aromatic nitrogens is 2. The summed E-state index contributed by atoms with van der Waals surface area (Å²) in [6.45, 7) is 0. The van der Waals surface area contributed by atoms with Gasteiger partial charge in [-0.1, -0.05) is 42.5 Å². The van der Waals surface area contributed by atoms with Crippen LogP contribution in [-0.2, 0) is 26.6 Å². The smallest absolute Gasteiger partial charge is 0.263 e. The number of benzene rings is 2. The van der Waals surface area contributed by atoms with Gasteiger partial charge in [0.2, 0.25) is 17.7 Å². The minimum atomic E-state index is -1.01. The van der Waals surface area contributed by atoms with Crippen LogP contribution in [0.25, 0.3) is 10.2 Å². The molecule has 0 aliphatic carbocycles. The number of amides is 5. The van der Waals surface area contributed by atoms with Crippen molar-refractivity contribution < 1.29 is 24.0 Å². The van der Waals surface area contributed by atoms with Crippen molar-refractivity contribution in [3.8, 4) is 0 Å². The summed E-state index contributed by atoms with van der Waals surface area (Å²) < 4.78 is 0. The molecule has 0 radical (unpaired) electrons.